The molecule has 0 heterocycles. The van der Waals surface area contributed by atoms with Crippen LogP contribution in [0.3, 0.4) is 0 Å². The number of halogens is 1. The van der Waals surface area contributed by atoms with Crippen molar-refractivity contribution < 1.29 is 0 Å². The molecule has 0 aliphatic heterocycles. The fourth-order valence-electron chi connectivity index (χ4n) is 1.64. The zero-order valence-electron chi connectivity index (χ0n) is 9.92. The van der Waals surface area contributed by atoms with Gasteiger partial charge in [-0.15, -0.1) is 0 Å². The van der Waals surface area contributed by atoms with Crippen molar-refractivity contribution in [3.63, 3.8) is 0 Å². The number of hydrogen-bond acceptors (Lipinski definition) is 2. The predicted octanol–water partition coefficient (Wildman–Crippen LogP) is 4.39. The summed E-state index contributed by atoms with van der Waals surface area (Å²) in [6.07, 6.45) is 0. The third-order valence-corrected chi connectivity index (χ3v) is 3.24. The fourth-order valence-corrected chi connectivity index (χ4v) is 2.12. The molecule has 0 spiro atoms. The number of hydrogen-bond donors (Lipinski definition) is 2. The molecule has 0 aromatic heterocycles. The van der Waals surface area contributed by atoms with Gasteiger partial charge in [0.1, 0.15) is 0 Å². The molecule has 0 atom stereocenters. The van der Waals surface area contributed by atoms with Gasteiger partial charge in [-0.25, -0.2) is 0 Å². The number of nitrogens with one attached hydrogen (secondary N) is 1. The lowest BCUT2D eigenvalue weighted by atomic mass is 10.1. The Bertz CT molecular complexity index is 550. The molecule has 2 aromatic rings. The highest BCUT2D eigenvalue weighted by Crippen LogP contribution is 2.25. The maximum absolute atomic E-state index is 5.89. The molecule has 0 unspecified atom stereocenters. The minimum Gasteiger partial charge on any atom is -0.398 e. The summed E-state index contributed by atoms with van der Waals surface area (Å²) in [6, 6.07) is 12.2. The molecule has 0 saturated heterocycles. The third kappa shape index (κ3) is 2.80. The second kappa shape index (κ2) is 4.80. The van der Waals surface area contributed by atoms with E-state index in [-0.39, 0.29) is 0 Å². The number of rotatable bonds is 2. The van der Waals surface area contributed by atoms with Crippen molar-refractivity contribution in [2.45, 2.75) is 13.8 Å². The Labute approximate surface area is 110 Å². The Kier molecular flexibility index (Phi) is 3.38. The van der Waals surface area contributed by atoms with E-state index in [0.29, 0.717) is 0 Å². The Morgan fingerprint density at radius 3 is 2.41 bits per heavy atom. The average molecular weight is 291 g/mol. The zero-order chi connectivity index (χ0) is 12.4. The Balaban J connectivity index is 2.28. The van der Waals surface area contributed by atoms with Gasteiger partial charge in [-0.3, -0.25) is 0 Å². The first-order valence-electron chi connectivity index (χ1n) is 5.45. The molecule has 3 N–H and O–H groups in total. The summed E-state index contributed by atoms with van der Waals surface area (Å²) in [5.74, 6) is 0. The highest BCUT2D eigenvalue weighted by atomic mass is 79.9. The normalized spacial score (nSPS) is 10.3. The fraction of sp³-hybridized carbons (Fsp3) is 0.143. The first kappa shape index (κ1) is 12.0. The van der Waals surface area contributed by atoms with Crippen LogP contribution in [-0.4, -0.2) is 0 Å². The molecule has 0 saturated carbocycles. The van der Waals surface area contributed by atoms with Gasteiger partial charge in [0.05, 0.1) is 0 Å². The molecule has 3 heteroatoms. The SMILES string of the molecule is Cc1ccc(Nc2ccc(Br)cc2C)cc1N. The van der Waals surface area contributed by atoms with Gasteiger partial charge in [0.2, 0.25) is 0 Å². The van der Waals surface area contributed by atoms with E-state index in [1.54, 1.807) is 0 Å². The minimum atomic E-state index is 0.810. The van der Waals surface area contributed by atoms with E-state index in [9.17, 15) is 0 Å². The third-order valence-electron chi connectivity index (χ3n) is 2.75. The van der Waals surface area contributed by atoms with Crippen LogP contribution < -0.4 is 11.1 Å². The number of anilines is 3. The topological polar surface area (TPSA) is 38.0 Å². The number of nitrogen functional groups attached to an aromatic ring is 1. The van der Waals surface area contributed by atoms with Crippen molar-refractivity contribution >= 4 is 33.0 Å². The molecule has 2 aromatic carbocycles. The Morgan fingerprint density at radius 2 is 1.76 bits per heavy atom. The van der Waals surface area contributed by atoms with Crippen molar-refractivity contribution in [1.29, 1.82) is 0 Å². The first-order valence-corrected chi connectivity index (χ1v) is 6.25. The van der Waals surface area contributed by atoms with Crippen LogP contribution in [0.15, 0.2) is 40.9 Å². The van der Waals surface area contributed by atoms with E-state index in [1.165, 1.54) is 5.56 Å². The molecule has 0 radical (unpaired) electrons. The van der Waals surface area contributed by atoms with Crippen LogP contribution in [0.25, 0.3) is 0 Å². The van der Waals surface area contributed by atoms with Crippen molar-refractivity contribution in [2.75, 3.05) is 11.1 Å². The van der Waals surface area contributed by atoms with E-state index < -0.39 is 0 Å². The smallest absolute Gasteiger partial charge is 0.0414 e. The highest BCUT2D eigenvalue weighted by molar-refractivity contribution is 9.10. The molecule has 0 aliphatic carbocycles. The molecule has 0 aliphatic rings. The first-order chi connectivity index (χ1) is 8.06. The summed E-state index contributed by atoms with van der Waals surface area (Å²) in [5.41, 5.74) is 11.1. The van der Waals surface area contributed by atoms with Crippen LogP contribution in [0, 0.1) is 13.8 Å². The maximum Gasteiger partial charge on any atom is 0.0414 e. The second-order valence-electron chi connectivity index (χ2n) is 4.16. The van der Waals surface area contributed by atoms with E-state index in [1.807, 2.05) is 31.2 Å². The van der Waals surface area contributed by atoms with Crippen LogP contribution in [0.5, 0.6) is 0 Å². The molecule has 0 amide bonds. The van der Waals surface area contributed by atoms with Crippen molar-refractivity contribution in [3.8, 4) is 0 Å². The number of benzene rings is 2. The molecule has 17 heavy (non-hydrogen) atoms. The van der Waals surface area contributed by atoms with Crippen LogP contribution in [0.1, 0.15) is 11.1 Å². The molecule has 2 nitrogen and oxygen atoms in total. The molecule has 88 valence electrons. The quantitative estimate of drug-likeness (QED) is 0.805. The van der Waals surface area contributed by atoms with Gasteiger partial charge in [0.15, 0.2) is 0 Å². The van der Waals surface area contributed by atoms with Crippen LogP contribution >= 0.6 is 15.9 Å². The Morgan fingerprint density at radius 1 is 1.00 bits per heavy atom. The lowest BCUT2D eigenvalue weighted by Crippen LogP contribution is -1.95. The van der Waals surface area contributed by atoms with Crippen LogP contribution in [0.2, 0.25) is 0 Å². The maximum atomic E-state index is 5.89. The highest BCUT2D eigenvalue weighted by Gasteiger charge is 2.01. The van der Waals surface area contributed by atoms with E-state index in [0.717, 1.165) is 27.1 Å². The number of nitrogens with two attached hydrogens (primary N) is 1. The van der Waals surface area contributed by atoms with Gasteiger partial charge in [-0.2, -0.15) is 0 Å². The zero-order valence-corrected chi connectivity index (χ0v) is 11.5. The van der Waals surface area contributed by atoms with Crippen molar-refractivity contribution in [3.05, 3.63) is 52.0 Å². The van der Waals surface area contributed by atoms with E-state index in [4.69, 9.17) is 5.73 Å². The second-order valence-corrected chi connectivity index (χ2v) is 5.07. The van der Waals surface area contributed by atoms with Crippen molar-refractivity contribution in [2.24, 2.45) is 0 Å². The minimum absolute atomic E-state index is 0.810. The summed E-state index contributed by atoms with van der Waals surface area (Å²) in [4.78, 5) is 0. The Hall–Kier alpha value is -1.48. The number of aryl methyl sites for hydroxylation is 2. The van der Waals surface area contributed by atoms with Gasteiger partial charge in [0, 0.05) is 21.5 Å². The average Bonchev–Trinajstić information content (AvgIpc) is 2.27. The lowest BCUT2D eigenvalue weighted by Gasteiger charge is -2.11. The summed E-state index contributed by atoms with van der Waals surface area (Å²) in [5, 5.41) is 3.37. The van der Waals surface area contributed by atoms with Crippen LogP contribution in [-0.2, 0) is 0 Å². The standard InChI is InChI=1S/C14H15BrN2/c1-9-3-5-12(8-13(9)16)17-14-6-4-11(15)7-10(14)2/h3-8,17H,16H2,1-2H3. The molecular formula is C14H15BrN2. The van der Waals surface area contributed by atoms with Crippen molar-refractivity contribution in [1.82, 2.24) is 0 Å². The van der Waals surface area contributed by atoms with Gasteiger partial charge in [-0.05, 0) is 55.3 Å². The molecule has 0 bridgehead atoms. The monoisotopic (exact) mass is 290 g/mol. The van der Waals surface area contributed by atoms with Crippen LogP contribution in [0.4, 0.5) is 17.1 Å². The molecular weight excluding hydrogens is 276 g/mol. The van der Waals surface area contributed by atoms with Gasteiger partial charge in [-0.1, -0.05) is 22.0 Å². The largest absolute Gasteiger partial charge is 0.398 e. The lowest BCUT2D eigenvalue weighted by molar-refractivity contribution is 1.40. The van der Waals surface area contributed by atoms with E-state index >= 15 is 0 Å². The van der Waals surface area contributed by atoms with Gasteiger partial charge >= 0.3 is 0 Å². The summed E-state index contributed by atoms with van der Waals surface area (Å²) in [7, 11) is 0. The molecule has 0 fully saturated rings. The summed E-state index contributed by atoms with van der Waals surface area (Å²) in [6.45, 7) is 4.08. The predicted molar refractivity (Wildman–Crippen MR) is 77.8 cm³/mol. The summed E-state index contributed by atoms with van der Waals surface area (Å²) >= 11 is 3.46. The van der Waals surface area contributed by atoms with Gasteiger partial charge in [0.25, 0.3) is 0 Å². The van der Waals surface area contributed by atoms with E-state index in [2.05, 4.69) is 40.3 Å². The van der Waals surface area contributed by atoms with Gasteiger partial charge < -0.3 is 11.1 Å². The summed E-state index contributed by atoms with van der Waals surface area (Å²) < 4.78 is 1.09. The molecule has 2 rings (SSSR count).